The first-order valence-corrected chi connectivity index (χ1v) is 13.2. The molecule has 0 N–H and O–H groups in total. The van der Waals surface area contributed by atoms with Gasteiger partial charge in [-0.2, -0.15) is 9.78 Å². The number of para-hydroxylation sites is 1. The van der Waals surface area contributed by atoms with E-state index < -0.39 is 0 Å². The second kappa shape index (κ2) is 9.21. The van der Waals surface area contributed by atoms with Gasteiger partial charge < -0.3 is 8.98 Å². The van der Waals surface area contributed by atoms with Gasteiger partial charge in [-0.1, -0.05) is 47.3 Å². The Bertz CT molecular complexity index is 1690. The molecule has 3 aromatic heterocycles. The summed E-state index contributed by atoms with van der Waals surface area (Å²) in [4.78, 5) is 18.4. The lowest BCUT2D eigenvalue weighted by Crippen LogP contribution is -2.20. The van der Waals surface area contributed by atoms with Crippen molar-refractivity contribution in [3.63, 3.8) is 0 Å². The number of hydrogen-bond acceptors (Lipinski definition) is 4. The number of nitrogens with zero attached hydrogens (tertiary/aromatic N) is 4. The zero-order chi connectivity index (χ0) is 24.8. The summed E-state index contributed by atoms with van der Waals surface area (Å²) in [6, 6.07) is 17.7. The van der Waals surface area contributed by atoms with Crippen LogP contribution in [0.2, 0.25) is 0 Å². The van der Waals surface area contributed by atoms with Crippen LogP contribution in [0.4, 0.5) is 0 Å². The normalized spacial score (nSPS) is 15.0. The Kier molecular flexibility index (Phi) is 5.88. The van der Waals surface area contributed by atoms with Crippen LogP contribution in [0.25, 0.3) is 33.5 Å². The minimum absolute atomic E-state index is 0.227. The zero-order valence-corrected chi connectivity index (χ0v) is 22.0. The Labute approximate surface area is 217 Å². The molecule has 36 heavy (non-hydrogen) atoms. The van der Waals surface area contributed by atoms with Crippen molar-refractivity contribution in [1.29, 1.82) is 0 Å². The summed E-state index contributed by atoms with van der Waals surface area (Å²) in [5.74, 6) is 0.874. The van der Waals surface area contributed by atoms with E-state index in [1.165, 1.54) is 48.2 Å². The van der Waals surface area contributed by atoms with Crippen LogP contribution in [-0.4, -0.2) is 20.4 Å². The molecule has 0 radical (unpaired) electrons. The van der Waals surface area contributed by atoms with Gasteiger partial charge in [-0.3, -0.25) is 4.79 Å². The van der Waals surface area contributed by atoms with E-state index >= 15 is 0 Å². The third-order valence-electron chi connectivity index (χ3n) is 7.23. The zero-order valence-electron chi connectivity index (χ0n) is 20.4. The molecule has 1 aliphatic rings. The van der Waals surface area contributed by atoms with Gasteiger partial charge in [-0.15, -0.1) is 0 Å². The summed E-state index contributed by atoms with van der Waals surface area (Å²) in [5.41, 5.74) is 4.53. The van der Waals surface area contributed by atoms with Crippen molar-refractivity contribution < 1.29 is 4.42 Å². The second-order valence-electron chi connectivity index (χ2n) is 9.60. The Morgan fingerprint density at radius 2 is 1.86 bits per heavy atom. The quantitative estimate of drug-likeness (QED) is 0.222. The van der Waals surface area contributed by atoms with Crippen molar-refractivity contribution in [1.82, 2.24) is 14.2 Å². The van der Waals surface area contributed by atoms with E-state index in [2.05, 4.69) is 45.5 Å². The molecular formula is C29H27BrN4O2. The highest BCUT2D eigenvalue weighted by atomic mass is 79.9. The van der Waals surface area contributed by atoms with E-state index in [1.54, 1.807) is 12.3 Å². The van der Waals surface area contributed by atoms with Gasteiger partial charge in [-0.25, -0.2) is 4.98 Å². The fourth-order valence-corrected chi connectivity index (χ4v) is 5.85. The summed E-state index contributed by atoms with van der Waals surface area (Å²) >= 11 is 3.51. The third-order valence-corrected chi connectivity index (χ3v) is 7.72. The number of aromatic nitrogens is 3. The van der Waals surface area contributed by atoms with Gasteiger partial charge in [0.25, 0.3) is 5.56 Å². The topological polar surface area (TPSA) is 65.3 Å². The van der Waals surface area contributed by atoms with Crippen molar-refractivity contribution in [2.75, 3.05) is 0 Å². The average Bonchev–Trinajstić information content (AvgIpc) is 3.43. The number of benzene rings is 2. The van der Waals surface area contributed by atoms with E-state index in [0.29, 0.717) is 28.5 Å². The molecule has 0 unspecified atom stereocenters. The molecule has 0 spiro atoms. The lowest BCUT2D eigenvalue weighted by Gasteiger charge is -2.26. The van der Waals surface area contributed by atoms with Crippen LogP contribution in [0.5, 0.6) is 0 Å². The van der Waals surface area contributed by atoms with Gasteiger partial charge in [0.15, 0.2) is 5.76 Å². The molecule has 0 aliphatic heterocycles. The van der Waals surface area contributed by atoms with Crippen LogP contribution < -0.4 is 5.56 Å². The Hall–Kier alpha value is -3.45. The van der Waals surface area contributed by atoms with Gasteiger partial charge in [0.1, 0.15) is 5.58 Å². The van der Waals surface area contributed by atoms with Crippen LogP contribution in [0.3, 0.4) is 0 Å². The minimum Gasteiger partial charge on any atom is -0.453 e. The van der Waals surface area contributed by atoms with Gasteiger partial charge in [0.05, 0.1) is 17.1 Å². The maximum absolute atomic E-state index is 13.6. The second-order valence-corrected chi connectivity index (χ2v) is 10.5. The van der Waals surface area contributed by atoms with Crippen molar-refractivity contribution in [3.05, 3.63) is 86.4 Å². The fourth-order valence-electron chi connectivity index (χ4n) is 5.47. The first-order valence-electron chi connectivity index (χ1n) is 12.4. The molecule has 0 saturated heterocycles. The predicted molar refractivity (Wildman–Crippen MR) is 148 cm³/mol. The maximum atomic E-state index is 13.6. The molecule has 1 aliphatic carbocycles. The summed E-state index contributed by atoms with van der Waals surface area (Å²) in [6.07, 6.45) is 8.09. The highest BCUT2D eigenvalue weighted by Gasteiger charge is 2.20. The van der Waals surface area contributed by atoms with Crippen molar-refractivity contribution in [3.8, 4) is 11.6 Å². The highest BCUT2D eigenvalue weighted by Crippen LogP contribution is 2.32. The van der Waals surface area contributed by atoms with Gasteiger partial charge >= 0.3 is 0 Å². The third kappa shape index (κ3) is 4.01. The molecule has 0 atom stereocenters. The molecule has 5 aromatic rings. The monoisotopic (exact) mass is 542 g/mol. The van der Waals surface area contributed by atoms with Crippen molar-refractivity contribution >= 4 is 44.0 Å². The van der Waals surface area contributed by atoms with E-state index in [0.717, 1.165) is 21.0 Å². The first kappa shape index (κ1) is 23.0. The standard InChI is InChI=1S/C29H27BrN4O2/c1-18-14-21(19(2)33(18)23-8-4-3-5-9-23)17-31-34-28(32-25-11-7-6-10-24(25)29(34)35)27-16-20-15-22(30)12-13-26(20)36-27/h6-7,10-17,23H,3-5,8-9H2,1-2H3. The molecule has 1 saturated carbocycles. The van der Waals surface area contributed by atoms with Crippen molar-refractivity contribution in [2.24, 2.45) is 5.10 Å². The first-order chi connectivity index (χ1) is 17.5. The van der Waals surface area contributed by atoms with Crippen LogP contribution in [0, 0.1) is 13.8 Å². The molecule has 2 aromatic carbocycles. The SMILES string of the molecule is Cc1cc(C=Nn2c(-c3cc4cc(Br)ccc4o3)nc3ccccc3c2=O)c(C)n1C1CCCCC1. The van der Waals surface area contributed by atoms with Gasteiger partial charge in [0.2, 0.25) is 5.82 Å². The summed E-state index contributed by atoms with van der Waals surface area (Å²) in [6.45, 7) is 4.29. The van der Waals surface area contributed by atoms with E-state index in [1.807, 2.05) is 42.5 Å². The van der Waals surface area contributed by atoms with Crippen LogP contribution in [0.15, 0.2) is 73.4 Å². The number of furan rings is 1. The highest BCUT2D eigenvalue weighted by molar-refractivity contribution is 9.10. The smallest absolute Gasteiger partial charge is 0.282 e. The molecule has 6 nitrogen and oxygen atoms in total. The predicted octanol–water partition coefficient (Wildman–Crippen LogP) is 7.38. The van der Waals surface area contributed by atoms with Gasteiger partial charge in [-0.05, 0) is 69.2 Å². The van der Waals surface area contributed by atoms with Crippen LogP contribution in [0.1, 0.15) is 55.1 Å². The summed E-state index contributed by atoms with van der Waals surface area (Å²) < 4.78 is 10.9. The number of rotatable bonds is 4. The summed E-state index contributed by atoms with van der Waals surface area (Å²) in [7, 11) is 0. The Morgan fingerprint density at radius 3 is 2.69 bits per heavy atom. The lowest BCUT2D eigenvalue weighted by atomic mass is 9.95. The van der Waals surface area contributed by atoms with Crippen molar-refractivity contribution in [2.45, 2.75) is 52.0 Å². The number of hydrogen-bond donors (Lipinski definition) is 0. The molecule has 0 bridgehead atoms. The molecule has 3 heterocycles. The molecule has 1 fully saturated rings. The lowest BCUT2D eigenvalue weighted by molar-refractivity contribution is 0.346. The number of fused-ring (bicyclic) bond motifs is 2. The summed E-state index contributed by atoms with van der Waals surface area (Å²) in [5, 5.41) is 6.13. The Balaban J connectivity index is 1.49. The molecule has 6 rings (SSSR count). The fraction of sp³-hybridized carbons (Fsp3) is 0.276. The molecule has 0 amide bonds. The average molecular weight is 543 g/mol. The van der Waals surface area contributed by atoms with E-state index in [9.17, 15) is 4.79 Å². The molecule has 7 heteroatoms. The molecular weight excluding hydrogens is 516 g/mol. The number of halogens is 1. The van der Waals surface area contributed by atoms with Gasteiger partial charge in [0, 0.05) is 32.9 Å². The Morgan fingerprint density at radius 1 is 1.06 bits per heavy atom. The van der Waals surface area contributed by atoms with Crippen LogP contribution in [-0.2, 0) is 0 Å². The van der Waals surface area contributed by atoms with E-state index in [4.69, 9.17) is 9.40 Å². The largest absolute Gasteiger partial charge is 0.453 e. The number of aryl methyl sites for hydroxylation is 1. The van der Waals surface area contributed by atoms with Crippen LogP contribution >= 0.6 is 15.9 Å². The minimum atomic E-state index is -0.227. The van der Waals surface area contributed by atoms with E-state index in [-0.39, 0.29) is 5.56 Å². The maximum Gasteiger partial charge on any atom is 0.282 e. The molecule has 182 valence electrons.